The normalized spacial score (nSPS) is 13.3. The number of H-pyrrole nitrogens is 1. The summed E-state index contributed by atoms with van der Waals surface area (Å²) in [4.78, 5) is 7.45. The van der Waals surface area contributed by atoms with E-state index in [1.54, 1.807) is 6.20 Å². The van der Waals surface area contributed by atoms with Crippen molar-refractivity contribution in [1.29, 1.82) is 0 Å². The summed E-state index contributed by atoms with van der Waals surface area (Å²) in [5.74, 6) is 0.681. The van der Waals surface area contributed by atoms with E-state index in [1.807, 2.05) is 6.07 Å². The van der Waals surface area contributed by atoms with E-state index in [4.69, 9.17) is 5.73 Å². The summed E-state index contributed by atoms with van der Waals surface area (Å²) in [6.07, 6.45) is 3.31. The van der Waals surface area contributed by atoms with Gasteiger partial charge in [0.2, 0.25) is 0 Å². The lowest BCUT2D eigenvalue weighted by molar-refractivity contribution is 0.588. The van der Waals surface area contributed by atoms with Crippen LogP contribution in [-0.2, 0) is 9.84 Å². The van der Waals surface area contributed by atoms with Gasteiger partial charge >= 0.3 is 0 Å². The monoisotopic (exact) mass is 307 g/mol. The van der Waals surface area contributed by atoms with E-state index in [-0.39, 0.29) is 5.75 Å². The molecule has 5 nitrogen and oxygen atoms in total. The molecule has 1 aromatic heterocycles. The molecule has 6 heteroatoms. The molecule has 1 unspecified atom stereocenters. The van der Waals surface area contributed by atoms with Gasteiger partial charge in [0.25, 0.3) is 0 Å². The third-order valence-electron chi connectivity index (χ3n) is 3.56. The molecule has 0 bridgehead atoms. The van der Waals surface area contributed by atoms with Crippen molar-refractivity contribution < 1.29 is 8.42 Å². The lowest BCUT2D eigenvalue weighted by Gasteiger charge is -2.07. The van der Waals surface area contributed by atoms with Gasteiger partial charge in [0, 0.05) is 6.26 Å². The SMILES string of the molecule is Cc1ccc(-c2cnc(C(N)CCS(C)(=O)=O)[nH]2)cc1C. The summed E-state index contributed by atoms with van der Waals surface area (Å²) < 4.78 is 22.4. The molecule has 0 fully saturated rings. The van der Waals surface area contributed by atoms with Crippen LogP contribution in [0.1, 0.15) is 29.4 Å². The maximum atomic E-state index is 11.2. The zero-order chi connectivity index (χ0) is 15.6. The number of hydrogen-bond donors (Lipinski definition) is 2. The van der Waals surface area contributed by atoms with Crippen LogP contribution >= 0.6 is 0 Å². The minimum absolute atomic E-state index is 0.0633. The van der Waals surface area contributed by atoms with Crippen LogP contribution in [0.4, 0.5) is 0 Å². The van der Waals surface area contributed by atoms with Crippen LogP contribution in [0.5, 0.6) is 0 Å². The van der Waals surface area contributed by atoms with Crippen molar-refractivity contribution in [2.45, 2.75) is 26.3 Å². The number of nitrogens with one attached hydrogen (secondary N) is 1. The van der Waals surface area contributed by atoms with Crippen LogP contribution in [0.3, 0.4) is 0 Å². The van der Waals surface area contributed by atoms with Crippen LogP contribution < -0.4 is 5.73 Å². The van der Waals surface area contributed by atoms with Gasteiger partial charge in [-0.2, -0.15) is 0 Å². The number of benzene rings is 1. The van der Waals surface area contributed by atoms with E-state index in [0.717, 1.165) is 11.3 Å². The third-order valence-corrected chi connectivity index (χ3v) is 4.54. The fourth-order valence-corrected chi connectivity index (χ4v) is 2.74. The third kappa shape index (κ3) is 4.15. The van der Waals surface area contributed by atoms with Crippen molar-refractivity contribution in [2.24, 2.45) is 5.73 Å². The fourth-order valence-electron chi connectivity index (χ4n) is 2.06. The van der Waals surface area contributed by atoms with Gasteiger partial charge in [0.1, 0.15) is 15.7 Å². The van der Waals surface area contributed by atoms with E-state index >= 15 is 0 Å². The van der Waals surface area contributed by atoms with Gasteiger partial charge < -0.3 is 10.7 Å². The van der Waals surface area contributed by atoms with Gasteiger partial charge in [-0.25, -0.2) is 13.4 Å². The molecule has 114 valence electrons. The second-order valence-corrected chi connectivity index (χ2v) is 7.77. The second-order valence-electron chi connectivity index (χ2n) is 5.51. The number of sulfone groups is 1. The van der Waals surface area contributed by atoms with Gasteiger partial charge in [0.05, 0.1) is 23.7 Å². The van der Waals surface area contributed by atoms with Crippen molar-refractivity contribution >= 4 is 9.84 Å². The summed E-state index contributed by atoms with van der Waals surface area (Å²) in [5.41, 5.74) is 10.4. The molecule has 0 spiro atoms. The van der Waals surface area contributed by atoms with E-state index in [9.17, 15) is 8.42 Å². The Morgan fingerprint density at radius 2 is 2.00 bits per heavy atom. The Labute approximate surface area is 125 Å². The zero-order valence-electron chi connectivity index (χ0n) is 12.6. The Bertz CT molecular complexity index is 735. The fraction of sp³-hybridized carbons (Fsp3) is 0.400. The molecule has 1 heterocycles. The Kier molecular flexibility index (Phi) is 4.49. The first kappa shape index (κ1) is 15.7. The number of nitrogens with two attached hydrogens (primary N) is 1. The summed E-state index contributed by atoms with van der Waals surface area (Å²) in [7, 11) is -3.00. The molecule has 0 aliphatic carbocycles. The largest absolute Gasteiger partial charge is 0.341 e. The molecular formula is C15H21N3O2S. The molecule has 0 aliphatic rings. The van der Waals surface area contributed by atoms with E-state index in [1.165, 1.54) is 17.4 Å². The lowest BCUT2D eigenvalue weighted by atomic mass is 10.0. The summed E-state index contributed by atoms with van der Waals surface area (Å²) in [6.45, 7) is 4.13. The average Bonchev–Trinajstić information content (AvgIpc) is 2.88. The first-order valence-corrected chi connectivity index (χ1v) is 8.88. The van der Waals surface area contributed by atoms with Gasteiger partial charge in [0.15, 0.2) is 0 Å². The first-order chi connectivity index (χ1) is 9.76. The standard InChI is InChI=1S/C15H21N3O2S/c1-10-4-5-12(8-11(10)2)14-9-17-15(18-14)13(16)6-7-21(3,19)20/h4-5,8-9,13H,6-7,16H2,1-3H3,(H,17,18). The zero-order valence-corrected chi connectivity index (χ0v) is 13.4. The summed E-state index contributed by atoms with van der Waals surface area (Å²) in [5, 5.41) is 0. The van der Waals surface area contributed by atoms with Crippen molar-refractivity contribution in [2.75, 3.05) is 12.0 Å². The van der Waals surface area contributed by atoms with Crippen LogP contribution in [-0.4, -0.2) is 30.4 Å². The van der Waals surface area contributed by atoms with Gasteiger partial charge in [-0.3, -0.25) is 0 Å². The van der Waals surface area contributed by atoms with E-state index in [0.29, 0.717) is 12.2 Å². The number of hydrogen-bond acceptors (Lipinski definition) is 4. The van der Waals surface area contributed by atoms with Crippen LogP contribution in [0, 0.1) is 13.8 Å². The highest BCUT2D eigenvalue weighted by Crippen LogP contribution is 2.22. The van der Waals surface area contributed by atoms with Crippen LogP contribution in [0.2, 0.25) is 0 Å². The van der Waals surface area contributed by atoms with Gasteiger partial charge in [-0.05, 0) is 43.0 Å². The Hall–Kier alpha value is -1.66. The minimum atomic E-state index is -3.00. The molecule has 1 atom stereocenters. The van der Waals surface area contributed by atoms with E-state index in [2.05, 4.69) is 35.9 Å². The Balaban J connectivity index is 2.15. The summed E-state index contributed by atoms with van der Waals surface area (Å²) in [6, 6.07) is 5.78. The highest BCUT2D eigenvalue weighted by Gasteiger charge is 2.14. The van der Waals surface area contributed by atoms with Crippen LogP contribution in [0.25, 0.3) is 11.3 Å². The molecule has 2 rings (SSSR count). The Morgan fingerprint density at radius 1 is 1.29 bits per heavy atom. The number of rotatable bonds is 5. The van der Waals surface area contributed by atoms with Crippen molar-refractivity contribution in [1.82, 2.24) is 9.97 Å². The van der Waals surface area contributed by atoms with Crippen molar-refractivity contribution in [3.63, 3.8) is 0 Å². The number of aromatic nitrogens is 2. The first-order valence-electron chi connectivity index (χ1n) is 6.82. The molecule has 0 amide bonds. The van der Waals surface area contributed by atoms with E-state index < -0.39 is 15.9 Å². The second kappa shape index (κ2) is 5.99. The number of aryl methyl sites for hydroxylation is 2. The molecule has 3 N–H and O–H groups in total. The number of aromatic amines is 1. The quantitative estimate of drug-likeness (QED) is 0.885. The minimum Gasteiger partial charge on any atom is -0.341 e. The highest BCUT2D eigenvalue weighted by atomic mass is 32.2. The topological polar surface area (TPSA) is 88.8 Å². The maximum absolute atomic E-state index is 11.2. The smallest absolute Gasteiger partial charge is 0.147 e. The number of imidazole rings is 1. The van der Waals surface area contributed by atoms with Gasteiger partial charge in [-0.15, -0.1) is 0 Å². The molecule has 0 radical (unpaired) electrons. The van der Waals surface area contributed by atoms with Gasteiger partial charge in [-0.1, -0.05) is 12.1 Å². The summed E-state index contributed by atoms with van der Waals surface area (Å²) >= 11 is 0. The molecule has 21 heavy (non-hydrogen) atoms. The molecule has 0 saturated carbocycles. The predicted molar refractivity (Wildman–Crippen MR) is 84.8 cm³/mol. The predicted octanol–water partition coefficient (Wildman–Crippen LogP) is 2.13. The average molecular weight is 307 g/mol. The van der Waals surface area contributed by atoms with Crippen molar-refractivity contribution in [3.05, 3.63) is 41.3 Å². The number of nitrogens with zero attached hydrogens (tertiary/aromatic N) is 1. The van der Waals surface area contributed by atoms with Crippen molar-refractivity contribution in [3.8, 4) is 11.3 Å². The molecular weight excluding hydrogens is 286 g/mol. The molecule has 2 aromatic rings. The lowest BCUT2D eigenvalue weighted by Crippen LogP contribution is -2.16. The molecule has 0 saturated heterocycles. The highest BCUT2D eigenvalue weighted by molar-refractivity contribution is 7.90. The maximum Gasteiger partial charge on any atom is 0.147 e. The Morgan fingerprint density at radius 3 is 2.62 bits per heavy atom. The molecule has 0 aliphatic heterocycles. The molecule has 1 aromatic carbocycles. The van der Waals surface area contributed by atoms with Crippen LogP contribution in [0.15, 0.2) is 24.4 Å².